The van der Waals surface area contributed by atoms with Crippen molar-refractivity contribution in [3.8, 4) is 0 Å². The van der Waals surface area contributed by atoms with E-state index in [1.54, 1.807) is 0 Å². The normalized spacial score (nSPS) is 22.1. The van der Waals surface area contributed by atoms with Gasteiger partial charge in [0.15, 0.2) is 0 Å². The first kappa shape index (κ1) is 33.9. The quantitative estimate of drug-likeness (QED) is 0.491. The van der Waals surface area contributed by atoms with Crippen LogP contribution in [0.15, 0.2) is 0 Å². The third-order valence-corrected chi connectivity index (χ3v) is 6.21. The second-order valence-corrected chi connectivity index (χ2v) is 9.56. The second kappa shape index (κ2) is 14.8. The Bertz CT molecular complexity index is 742. The summed E-state index contributed by atoms with van der Waals surface area (Å²) in [5.41, 5.74) is 0.218. The molecule has 3 aliphatic heterocycles. The van der Waals surface area contributed by atoms with Gasteiger partial charge in [-0.1, -0.05) is 0 Å². The van der Waals surface area contributed by atoms with Gasteiger partial charge in [-0.2, -0.15) is 26.3 Å². The molecule has 0 aromatic carbocycles. The number of likely N-dealkylation sites (N-methyl/N-ethyl adjacent to an activating group) is 1. The number of hydrogen-bond donors (Lipinski definition) is 2. The lowest BCUT2D eigenvalue weighted by Gasteiger charge is -2.43. The van der Waals surface area contributed by atoms with Crippen LogP contribution in [-0.4, -0.2) is 134 Å². The maximum atomic E-state index is 12.5. The number of amides is 1. The molecule has 3 fully saturated rings. The fourth-order valence-electron chi connectivity index (χ4n) is 4.09. The number of aliphatic carboxylic acids is 2. The fraction of sp³-hybridized carbons (Fsp3) is 0.864. The van der Waals surface area contributed by atoms with Crippen LogP contribution in [0.1, 0.15) is 25.7 Å². The van der Waals surface area contributed by atoms with Crippen LogP contribution in [0.25, 0.3) is 0 Å². The molecular weight excluding hydrogens is 532 g/mol. The minimum atomic E-state index is -5.08. The van der Waals surface area contributed by atoms with Crippen molar-refractivity contribution in [1.29, 1.82) is 0 Å². The van der Waals surface area contributed by atoms with Crippen LogP contribution in [-0.2, 0) is 23.9 Å². The van der Waals surface area contributed by atoms with Crippen LogP contribution in [0.2, 0.25) is 0 Å². The molecule has 3 saturated heterocycles. The predicted octanol–water partition coefficient (Wildman–Crippen LogP) is 1.93. The number of alkyl halides is 6. The molecule has 0 bridgehead atoms. The van der Waals surface area contributed by atoms with Crippen LogP contribution >= 0.6 is 0 Å². The molecule has 10 nitrogen and oxygen atoms in total. The summed E-state index contributed by atoms with van der Waals surface area (Å²) in [6, 6.07) is 0. The van der Waals surface area contributed by atoms with E-state index in [0.29, 0.717) is 0 Å². The molecule has 3 aliphatic rings. The number of nitrogens with zero attached hydrogens (tertiary/aromatic N) is 3. The Hall–Kier alpha value is -2.17. The molecule has 3 heterocycles. The van der Waals surface area contributed by atoms with Gasteiger partial charge in [0.25, 0.3) is 5.91 Å². The molecule has 0 aliphatic carbocycles. The van der Waals surface area contributed by atoms with Crippen molar-refractivity contribution in [2.24, 2.45) is 5.41 Å². The van der Waals surface area contributed by atoms with E-state index in [1.807, 2.05) is 4.90 Å². The summed E-state index contributed by atoms with van der Waals surface area (Å²) in [6.45, 7) is 8.41. The largest absolute Gasteiger partial charge is 0.490 e. The van der Waals surface area contributed by atoms with E-state index < -0.39 is 24.3 Å². The Kier molecular flexibility index (Phi) is 13.2. The SMILES string of the molecule is CN(C)CCN1CCOCC2(CCN(C(=O)C3CCCO3)CC2)C1.O=C(O)C(F)(F)F.O=C(O)C(F)(F)F. The summed E-state index contributed by atoms with van der Waals surface area (Å²) in [7, 11) is 4.25. The van der Waals surface area contributed by atoms with Gasteiger partial charge in [-0.3, -0.25) is 9.69 Å². The standard InChI is InChI=1S/C18H33N3O3.2C2HF3O2/c1-19(2)9-10-20-11-13-23-15-18(14-20)5-7-21(8-6-18)17(22)16-4-3-12-24-16;2*3-2(4,5)1(6)7/h16H,3-15H2,1-2H3;2*(H,6,7). The second-order valence-electron chi connectivity index (χ2n) is 9.56. The van der Waals surface area contributed by atoms with Gasteiger partial charge in [-0.25, -0.2) is 9.59 Å². The van der Waals surface area contributed by atoms with Gasteiger partial charge >= 0.3 is 24.3 Å². The van der Waals surface area contributed by atoms with Gasteiger partial charge < -0.3 is 29.5 Å². The van der Waals surface area contributed by atoms with E-state index in [9.17, 15) is 31.1 Å². The molecule has 1 spiro atoms. The molecule has 0 aromatic heterocycles. The molecule has 2 N–H and O–H groups in total. The Morgan fingerprint density at radius 3 is 1.89 bits per heavy atom. The van der Waals surface area contributed by atoms with E-state index in [-0.39, 0.29) is 17.4 Å². The molecule has 1 unspecified atom stereocenters. The lowest BCUT2D eigenvalue weighted by Crippen LogP contribution is -2.51. The summed E-state index contributed by atoms with van der Waals surface area (Å²) in [6.07, 6.45) is -6.35. The number of carboxylic acids is 2. The van der Waals surface area contributed by atoms with Crippen molar-refractivity contribution >= 4 is 17.8 Å². The topological polar surface area (TPSA) is 120 Å². The number of hydrogen-bond acceptors (Lipinski definition) is 7. The van der Waals surface area contributed by atoms with Crippen LogP contribution in [0.4, 0.5) is 26.3 Å². The fourth-order valence-corrected chi connectivity index (χ4v) is 4.09. The van der Waals surface area contributed by atoms with Gasteiger partial charge in [-0.15, -0.1) is 0 Å². The monoisotopic (exact) mass is 567 g/mol. The molecule has 222 valence electrons. The van der Waals surface area contributed by atoms with Gasteiger partial charge in [0.05, 0.1) is 13.2 Å². The van der Waals surface area contributed by atoms with E-state index in [1.165, 1.54) is 0 Å². The minimum Gasteiger partial charge on any atom is -0.475 e. The number of ether oxygens (including phenoxy) is 2. The highest BCUT2D eigenvalue weighted by atomic mass is 19.4. The number of likely N-dealkylation sites (tertiary alicyclic amines) is 1. The van der Waals surface area contributed by atoms with Crippen molar-refractivity contribution in [3.63, 3.8) is 0 Å². The zero-order valence-electron chi connectivity index (χ0n) is 21.3. The highest BCUT2D eigenvalue weighted by molar-refractivity contribution is 5.81. The van der Waals surface area contributed by atoms with Crippen molar-refractivity contribution in [1.82, 2.24) is 14.7 Å². The predicted molar refractivity (Wildman–Crippen MR) is 120 cm³/mol. The zero-order valence-corrected chi connectivity index (χ0v) is 21.3. The Balaban J connectivity index is 0.000000426. The minimum absolute atomic E-state index is 0.180. The summed E-state index contributed by atoms with van der Waals surface area (Å²) in [4.78, 5) is 37.1. The third kappa shape index (κ3) is 12.1. The molecule has 16 heteroatoms. The molecule has 0 aromatic rings. The number of piperidine rings is 1. The highest BCUT2D eigenvalue weighted by Crippen LogP contribution is 2.35. The Labute approximate surface area is 216 Å². The summed E-state index contributed by atoms with van der Waals surface area (Å²) in [5.74, 6) is -5.30. The first-order valence-electron chi connectivity index (χ1n) is 11.9. The molecule has 1 amide bonds. The number of halogens is 6. The highest BCUT2D eigenvalue weighted by Gasteiger charge is 2.41. The van der Waals surface area contributed by atoms with Gasteiger partial charge in [-0.05, 0) is 39.8 Å². The number of rotatable bonds is 4. The van der Waals surface area contributed by atoms with Crippen molar-refractivity contribution < 1.29 is 60.4 Å². The van der Waals surface area contributed by atoms with Crippen LogP contribution in [0, 0.1) is 5.41 Å². The van der Waals surface area contributed by atoms with E-state index >= 15 is 0 Å². The zero-order chi connectivity index (χ0) is 29.1. The van der Waals surface area contributed by atoms with Crippen molar-refractivity contribution in [3.05, 3.63) is 0 Å². The van der Waals surface area contributed by atoms with Crippen LogP contribution < -0.4 is 0 Å². The summed E-state index contributed by atoms with van der Waals surface area (Å²) < 4.78 is 75.0. The molecule has 0 radical (unpaired) electrons. The Morgan fingerprint density at radius 1 is 0.947 bits per heavy atom. The van der Waals surface area contributed by atoms with Gasteiger partial charge in [0, 0.05) is 51.3 Å². The molecule has 0 saturated carbocycles. The summed E-state index contributed by atoms with van der Waals surface area (Å²) >= 11 is 0. The average molecular weight is 568 g/mol. The maximum Gasteiger partial charge on any atom is 0.490 e. The lowest BCUT2D eigenvalue weighted by molar-refractivity contribution is -0.193. The van der Waals surface area contributed by atoms with Crippen LogP contribution in [0.3, 0.4) is 0 Å². The van der Waals surface area contributed by atoms with Crippen molar-refractivity contribution in [2.75, 3.05) is 73.2 Å². The number of carboxylic acid groups (broad SMARTS) is 2. The smallest absolute Gasteiger partial charge is 0.475 e. The van der Waals surface area contributed by atoms with Crippen LogP contribution in [0.5, 0.6) is 0 Å². The molecular formula is C22H35F6N3O7. The van der Waals surface area contributed by atoms with E-state index in [2.05, 4.69) is 23.9 Å². The first-order valence-corrected chi connectivity index (χ1v) is 11.9. The van der Waals surface area contributed by atoms with E-state index in [0.717, 1.165) is 84.8 Å². The van der Waals surface area contributed by atoms with Crippen molar-refractivity contribution in [2.45, 2.75) is 44.1 Å². The first-order chi connectivity index (χ1) is 17.5. The average Bonchev–Trinajstić information content (AvgIpc) is 3.27. The maximum absolute atomic E-state index is 12.5. The summed E-state index contributed by atoms with van der Waals surface area (Å²) in [5, 5.41) is 14.2. The molecule has 1 atom stereocenters. The van der Waals surface area contributed by atoms with Gasteiger partial charge in [0.1, 0.15) is 6.10 Å². The number of carbonyl (C=O) groups excluding carboxylic acids is 1. The van der Waals surface area contributed by atoms with E-state index in [4.69, 9.17) is 29.3 Å². The molecule has 38 heavy (non-hydrogen) atoms. The molecule has 3 rings (SSSR count). The number of carbonyl (C=O) groups is 3. The lowest BCUT2D eigenvalue weighted by atomic mass is 9.78. The Morgan fingerprint density at radius 2 is 1.47 bits per heavy atom. The third-order valence-electron chi connectivity index (χ3n) is 6.21. The van der Waals surface area contributed by atoms with Gasteiger partial charge in [0.2, 0.25) is 0 Å².